The van der Waals surface area contributed by atoms with E-state index in [1.54, 1.807) is 0 Å². The van der Waals surface area contributed by atoms with Crippen LogP contribution in [0.25, 0.3) is 0 Å². The quantitative estimate of drug-likeness (QED) is 0.681. The fraction of sp³-hybridized carbons (Fsp3) is 0.250. The molecule has 0 bridgehead atoms. The molecule has 0 saturated heterocycles. The van der Waals surface area contributed by atoms with Crippen LogP contribution >= 0.6 is 31.9 Å². The molecule has 0 amide bonds. The molecule has 0 aromatic heterocycles. The second-order valence-corrected chi connectivity index (χ2v) is 6.18. The maximum atomic E-state index is 5.79. The standard InChI is InChI=1S/C16H17Br2NO2/c1-19-11-12-4-2-3-5-15(12)20-8-9-21-16-7-6-13(17)10-14(16)18/h2-7,10,19H,8-9,11H2,1H3. The van der Waals surface area contributed by atoms with Gasteiger partial charge >= 0.3 is 0 Å². The molecule has 0 radical (unpaired) electrons. The zero-order valence-electron chi connectivity index (χ0n) is 11.7. The zero-order valence-corrected chi connectivity index (χ0v) is 14.9. The molecular weight excluding hydrogens is 398 g/mol. The monoisotopic (exact) mass is 413 g/mol. The molecule has 0 spiro atoms. The van der Waals surface area contributed by atoms with Gasteiger partial charge in [0, 0.05) is 16.6 Å². The number of nitrogens with one attached hydrogen (secondary N) is 1. The first-order valence-corrected chi connectivity index (χ1v) is 8.22. The topological polar surface area (TPSA) is 30.5 Å². The first-order chi connectivity index (χ1) is 10.2. The Hall–Kier alpha value is -1.04. The summed E-state index contributed by atoms with van der Waals surface area (Å²) in [6.45, 7) is 1.78. The van der Waals surface area contributed by atoms with E-state index in [4.69, 9.17) is 9.47 Å². The normalized spacial score (nSPS) is 10.4. The Kier molecular flexibility index (Phi) is 6.54. The highest BCUT2D eigenvalue weighted by atomic mass is 79.9. The maximum Gasteiger partial charge on any atom is 0.133 e. The summed E-state index contributed by atoms with van der Waals surface area (Å²) < 4.78 is 13.4. The van der Waals surface area contributed by atoms with Crippen LogP contribution in [0.3, 0.4) is 0 Å². The van der Waals surface area contributed by atoms with Crippen LogP contribution in [0.2, 0.25) is 0 Å². The fourth-order valence-corrected chi connectivity index (χ4v) is 3.04. The van der Waals surface area contributed by atoms with E-state index in [0.717, 1.165) is 32.6 Å². The van der Waals surface area contributed by atoms with E-state index in [-0.39, 0.29) is 0 Å². The number of benzene rings is 2. The summed E-state index contributed by atoms with van der Waals surface area (Å²) in [5, 5.41) is 3.13. The number of halogens is 2. The molecule has 2 aromatic carbocycles. The van der Waals surface area contributed by atoms with Crippen LogP contribution in [0.4, 0.5) is 0 Å². The van der Waals surface area contributed by atoms with E-state index in [1.165, 1.54) is 0 Å². The molecule has 21 heavy (non-hydrogen) atoms. The SMILES string of the molecule is CNCc1ccccc1OCCOc1ccc(Br)cc1Br. The molecule has 1 N–H and O–H groups in total. The van der Waals surface area contributed by atoms with Crippen LogP contribution in [0, 0.1) is 0 Å². The van der Waals surface area contributed by atoms with Gasteiger partial charge < -0.3 is 14.8 Å². The van der Waals surface area contributed by atoms with Crippen molar-refractivity contribution < 1.29 is 9.47 Å². The van der Waals surface area contributed by atoms with Gasteiger partial charge in [0.2, 0.25) is 0 Å². The smallest absolute Gasteiger partial charge is 0.133 e. The summed E-state index contributed by atoms with van der Waals surface area (Å²) in [6, 6.07) is 13.8. The second-order valence-electron chi connectivity index (χ2n) is 4.41. The van der Waals surface area contributed by atoms with Gasteiger partial charge in [0.1, 0.15) is 24.7 Å². The lowest BCUT2D eigenvalue weighted by atomic mass is 10.2. The van der Waals surface area contributed by atoms with Crippen molar-refractivity contribution >= 4 is 31.9 Å². The lowest BCUT2D eigenvalue weighted by Crippen LogP contribution is -2.12. The molecule has 112 valence electrons. The van der Waals surface area contributed by atoms with E-state index in [2.05, 4.69) is 43.2 Å². The molecule has 3 nitrogen and oxygen atoms in total. The van der Waals surface area contributed by atoms with Crippen LogP contribution < -0.4 is 14.8 Å². The van der Waals surface area contributed by atoms with Crippen molar-refractivity contribution in [3.8, 4) is 11.5 Å². The molecule has 0 atom stereocenters. The van der Waals surface area contributed by atoms with Gasteiger partial charge in [0.15, 0.2) is 0 Å². The Morgan fingerprint density at radius 3 is 2.38 bits per heavy atom. The van der Waals surface area contributed by atoms with Crippen molar-refractivity contribution in [2.45, 2.75) is 6.54 Å². The molecule has 0 saturated carbocycles. The number of hydrogen-bond acceptors (Lipinski definition) is 3. The Morgan fingerprint density at radius 1 is 0.952 bits per heavy atom. The molecule has 0 aliphatic rings. The third-order valence-corrected chi connectivity index (χ3v) is 3.95. The zero-order chi connectivity index (χ0) is 15.1. The fourth-order valence-electron chi connectivity index (χ4n) is 1.88. The maximum absolute atomic E-state index is 5.79. The highest BCUT2D eigenvalue weighted by Crippen LogP contribution is 2.28. The number of rotatable bonds is 7. The number of hydrogen-bond donors (Lipinski definition) is 1. The summed E-state index contributed by atoms with van der Waals surface area (Å²) in [5.41, 5.74) is 1.14. The molecule has 5 heteroatoms. The van der Waals surface area contributed by atoms with Gasteiger partial charge in [-0.3, -0.25) is 0 Å². The van der Waals surface area contributed by atoms with Gasteiger partial charge in [0.05, 0.1) is 4.47 Å². The van der Waals surface area contributed by atoms with Crippen LogP contribution in [0.5, 0.6) is 11.5 Å². The molecule has 0 heterocycles. The Bertz CT molecular complexity index is 590. The van der Waals surface area contributed by atoms with E-state index in [0.29, 0.717) is 13.2 Å². The highest BCUT2D eigenvalue weighted by Gasteiger charge is 2.04. The van der Waals surface area contributed by atoms with Crippen LogP contribution in [-0.4, -0.2) is 20.3 Å². The molecular formula is C16H17Br2NO2. The minimum atomic E-state index is 0.494. The summed E-state index contributed by atoms with van der Waals surface area (Å²) in [7, 11) is 1.92. The molecule has 0 fully saturated rings. The predicted molar refractivity (Wildman–Crippen MR) is 92.0 cm³/mol. The van der Waals surface area contributed by atoms with E-state index in [1.807, 2.05) is 43.4 Å². The molecule has 0 aliphatic carbocycles. The molecule has 2 aromatic rings. The van der Waals surface area contributed by atoms with Gasteiger partial charge in [-0.05, 0) is 47.2 Å². The van der Waals surface area contributed by atoms with Crippen molar-refractivity contribution in [2.75, 3.05) is 20.3 Å². The molecule has 2 rings (SSSR count). The average molecular weight is 415 g/mol. The summed E-state index contributed by atoms with van der Waals surface area (Å²) in [6.07, 6.45) is 0. The van der Waals surface area contributed by atoms with Gasteiger partial charge in [-0.25, -0.2) is 0 Å². The largest absolute Gasteiger partial charge is 0.490 e. The third kappa shape index (κ3) is 5.02. The summed E-state index contributed by atoms with van der Waals surface area (Å²) in [4.78, 5) is 0. The summed E-state index contributed by atoms with van der Waals surface area (Å²) >= 11 is 6.89. The average Bonchev–Trinajstić information content (AvgIpc) is 2.47. The summed E-state index contributed by atoms with van der Waals surface area (Å²) in [5.74, 6) is 1.70. The van der Waals surface area contributed by atoms with Gasteiger partial charge in [-0.1, -0.05) is 34.1 Å². The predicted octanol–water partition coefficient (Wildman–Crippen LogP) is 4.39. The van der Waals surface area contributed by atoms with Crippen molar-refractivity contribution in [1.29, 1.82) is 0 Å². The Morgan fingerprint density at radius 2 is 1.67 bits per heavy atom. The van der Waals surface area contributed by atoms with Crippen LogP contribution in [0.15, 0.2) is 51.4 Å². The van der Waals surface area contributed by atoms with Crippen molar-refractivity contribution in [1.82, 2.24) is 5.32 Å². The van der Waals surface area contributed by atoms with Crippen molar-refractivity contribution in [2.24, 2.45) is 0 Å². The van der Waals surface area contributed by atoms with Gasteiger partial charge in [0.25, 0.3) is 0 Å². The van der Waals surface area contributed by atoms with E-state index < -0.39 is 0 Å². The third-order valence-electron chi connectivity index (χ3n) is 2.83. The first-order valence-electron chi connectivity index (χ1n) is 6.64. The highest BCUT2D eigenvalue weighted by molar-refractivity contribution is 9.11. The lowest BCUT2D eigenvalue weighted by Gasteiger charge is -2.12. The minimum Gasteiger partial charge on any atom is -0.490 e. The van der Waals surface area contributed by atoms with Crippen LogP contribution in [-0.2, 0) is 6.54 Å². The van der Waals surface area contributed by atoms with Gasteiger partial charge in [-0.2, -0.15) is 0 Å². The molecule has 0 aliphatic heterocycles. The minimum absolute atomic E-state index is 0.494. The number of para-hydroxylation sites is 1. The van der Waals surface area contributed by atoms with Crippen LogP contribution in [0.1, 0.15) is 5.56 Å². The van der Waals surface area contributed by atoms with E-state index >= 15 is 0 Å². The van der Waals surface area contributed by atoms with Crippen molar-refractivity contribution in [3.63, 3.8) is 0 Å². The van der Waals surface area contributed by atoms with E-state index in [9.17, 15) is 0 Å². The number of ether oxygens (including phenoxy) is 2. The van der Waals surface area contributed by atoms with Gasteiger partial charge in [-0.15, -0.1) is 0 Å². The Labute approximate surface area is 141 Å². The second kappa shape index (κ2) is 8.41. The first kappa shape index (κ1) is 16.3. The van der Waals surface area contributed by atoms with Crippen molar-refractivity contribution in [3.05, 3.63) is 57.0 Å². The molecule has 0 unspecified atom stereocenters. The Balaban J connectivity index is 1.84. The lowest BCUT2D eigenvalue weighted by molar-refractivity contribution is 0.215.